The summed E-state index contributed by atoms with van der Waals surface area (Å²) in [7, 11) is 0. The first kappa shape index (κ1) is 13.7. The number of para-hydroxylation sites is 1. The maximum atomic E-state index is 4.86. The fourth-order valence-corrected chi connectivity index (χ4v) is 4.05. The van der Waals surface area contributed by atoms with E-state index in [1.54, 1.807) is 11.3 Å². The quantitative estimate of drug-likeness (QED) is 0.764. The topological polar surface area (TPSA) is 37.8 Å². The van der Waals surface area contributed by atoms with Crippen LogP contribution in [0.15, 0.2) is 29.6 Å². The van der Waals surface area contributed by atoms with Crippen molar-refractivity contribution >= 4 is 27.4 Å². The summed E-state index contributed by atoms with van der Waals surface area (Å²) in [5.41, 5.74) is 6.14. The Kier molecular flexibility index (Phi) is 3.34. The maximum Gasteiger partial charge on any atom is 0.183 e. The molecule has 0 fully saturated rings. The van der Waals surface area contributed by atoms with E-state index in [4.69, 9.17) is 9.97 Å². The number of thiazole rings is 1. The molecule has 2 heterocycles. The lowest BCUT2D eigenvalue weighted by Gasteiger charge is -2.10. The second-order valence-corrected chi connectivity index (χ2v) is 6.98. The highest BCUT2D eigenvalue weighted by Gasteiger charge is 2.21. The molecular weight excluding hydrogens is 290 g/mol. The van der Waals surface area contributed by atoms with E-state index in [9.17, 15) is 0 Å². The van der Waals surface area contributed by atoms with Crippen molar-refractivity contribution in [2.45, 2.75) is 39.2 Å². The standard InChI is InChI=1S/C18H19N3S/c1-11(2)19-18-21-16(10-22-18)17-12-6-3-4-8-14(12)20-15-9-5-7-13(15)17/h3-4,6,8,10-11H,5,7,9H2,1-2H3,(H,19,21). The Morgan fingerprint density at radius 2 is 2.00 bits per heavy atom. The molecule has 1 N–H and O–H groups in total. The number of benzene rings is 1. The van der Waals surface area contributed by atoms with Gasteiger partial charge >= 0.3 is 0 Å². The summed E-state index contributed by atoms with van der Waals surface area (Å²) >= 11 is 1.68. The molecule has 4 heteroatoms. The van der Waals surface area contributed by atoms with Gasteiger partial charge in [0.1, 0.15) is 0 Å². The van der Waals surface area contributed by atoms with Crippen LogP contribution in [0.5, 0.6) is 0 Å². The van der Waals surface area contributed by atoms with Crippen molar-refractivity contribution in [2.75, 3.05) is 5.32 Å². The zero-order chi connectivity index (χ0) is 15.1. The van der Waals surface area contributed by atoms with Crippen LogP contribution in [0.3, 0.4) is 0 Å². The first-order valence-corrected chi connectivity index (χ1v) is 8.73. The van der Waals surface area contributed by atoms with Crippen molar-refractivity contribution in [3.8, 4) is 11.3 Å². The van der Waals surface area contributed by atoms with Crippen molar-refractivity contribution in [3.63, 3.8) is 0 Å². The number of fused-ring (bicyclic) bond motifs is 2. The van der Waals surface area contributed by atoms with Crippen LogP contribution < -0.4 is 5.32 Å². The lowest BCUT2D eigenvalue weighted by Crippen LogP contribution is -2.09. The second kappa shape index (κ2) is 5.36. The Morgan fingerprint density at radius 3 is 2.86 bits per heavy atom. The van der Waals surface area contributed by atoms with Gasteiger partial charge in [0.05, 0.1) is 11.2 Å². The van der Waals surface area contributed by atoms with Gasteiger partial charge in [0.2, 0.25) is 0 Å². The monoisotopic (exact) mass is 309 g/mol. The van der Waals surface area contributed by atoms with Crippen LogP contribution in [-0.2, 0) is 12.8 Å². The highest BCUT2D eigenvalue weighted by Crippen LogP contribution is 2.38. The third-order valence-corrected chi connectivity index (χ3v) is 4.87. The Hall–Kier alpha value is -1.94. The van der Waals surface area contributed by atoms with Crippen molar-refractivity contribution in [2.24, 2.45) is 0 Å². The molecule has 1 aliphatic rings. The molecule has 4 rings (SSSR count). The lowest BCUT2D eigenvalue weighted by atomic mass is 9.99. The minimum atomic E-state index is 0.402. The molecule has 2 aromatic heterocycles. The molecule has 1 aromatic carbocycles. The van der Waals surface area contributed by atoms with Gasteiger partial charge in [-0.25, -0.2) is 4.98 Å². The molecule has 0 saturated carbocycles. The smallest absolute Gasteiger partial charge is 0.183 e. The fourth-order valence-electron chi connectivity index (χ4n) is 3.21. The summed E-state index contributed by atoms with van der Waals surface area (Å²) in [6, 6.07) is 8.84. The van der Waals surface area contributed by atoms with E-state index >= 15 is 0 Å². The molecule has 0 amide bonds. The molecular formula is C18H19N3S. The van der Waals surface area contributed by atoms with Crippen molar-refractivity contribution in [3.05, 3.63) is 40.9 Å². The van der Waals surface area contributed by atoms with Crippen molar-refractivity contribution in [1.29, 1.82) is 0 Å². The Morgan fingerprint density at radius 1 is 1.14 bits per heavy atom. The highest BCUT2D eigenvalue weighted by atomic mass is 32.1. The van der Waals surface area contributed by atoms with E-state index in [1.165, 1.54) is 28.6 Å². The normalized spacial score (nSPS) is 13.8. The largest absolute Gasteiger partial charge is 0.359 e. The number of anilines is 1. The summed E-state index contributed by atoms with van der Waals surface area (Å²) in [5.74, 6) is 0. The first-order valence-electron chi connectivity index (χ1n) is 7.85. The van der Waals surface area contributed by atoms with Gasteiger partial charge < -0.3 is 5.32 Å². The summed E-state index contributed by atoms with van der Waals surface area (Å²) in [4.78, 5) is 9.69. The van der Waals surface area contributed by atoms with Gasteiger partial charge in [0.25, 0.3) is 0 Å². The fraction of sp³-hybridized carbons (Fsp3) is 0.333. The molecule has 0 spiro atoms. The molecule has 22 heavy (non-hydrogen) atoms. The average Bonchev–Trinajstić information content (AvgIpc) is 3.13. The van der Waals surface area contributed by atoms with Gasteiger partial charge in [0, 0.05) is 28.1 Å². The molecule has 0 unspecified atom stereocenters. The first-order chi connectivity index (χ1) is 10.7. The molecule has 112 valence electrons. The summed E-state index contributed by atoms with van der Waals surface area (Å²) < 4.78 is 0. The van der Waals surface area contributed by atoms with E-state index in [0.717, 1.165) is 29.2 Å². The van der Waals surface area contributed by atoms with Crippen LogP contribution >= 0.6 is 11.3 Å². The van der Waals surface area contributed by atoms with E-state index in [-0.39, 0.29) is 0 Å². The van der Waals surface area contributed by atoms with Crippen molar-refractivity contribution < 1.29 is 0 Å². The molecule has 1 aliphatic carbocycles. The van der Waals surface area contributed by atoms with Gasteiger partial charge in [-0.2, -0.15) is 0 Å². The van der Waals surface area contributed by atoms with Crippen LogP contribution in [0.4, 0.5) is 5.13 Å². The minimum Gasteiger partial charge on any atom is -0.359 e. The molecule has 0 aliphatic heterocycles. The minimum absolute atomic E-state index is 0.402. The Bertz CT molecular complexity index is 835. The Labute approximate surface area is 134 Å². The van der Waals surface area contributed by atoms with Crippen LogP contribution in [0.25, 0.3) is 22.2 Å². The molecule has 3 aromatic rings. The third kappa shape index (κ3) is 2.28. The second-order valence-electron chi connectivity index (χ2n) is 6.12. The number of nitrogens with zero attached hydrogens (tertiary/aromatic N) is 2. The van der Waals surface area contributed by atoms with E-state index in [1.807, 2.05) is 0 Å². The van der Waals surface area contributed by atoms with E-state index in [0.29, 0.717) is 6.04 Å². The van der Waals surface area contributed by atoms with Gasteiger partial charge in [-0.3, -0.25) is 4.98 Å². The maximum absolute atomic E-state index is 4.86. The van der Waals surface area contributed by atoms with Crippen molar-refractivity contribution in [1.82, 2.24) is 9.97 Å². The lowest BCUT2D eigenvalue weighted by molar-refractivity contribution is 0.896. The molecule has 0 bridgehead atoms. The van der Waals surface area contributed by atoms with Crippen LogP contribution in [0.1, 0.15) is 31.5 Å². The number of rotatable bonds is 3. The van der Waals surface area contributed by atoms with Crippen LogP contribution in [0, 0.1) is 0 Å². The predicted octanol–water partition coefficient (Wildman–Crippen LogP) is 4.67. The zero-order valence-electron chi connectivity index (χ0n) is 12.9. The molecule has 3 nitrogen and oxygen atoms in total. The SMILES string of the molecule is CC(C)Nc1nc(-c2c3c(nc4ccccc24)CCC3)cs1. The molecule has 0 atom stereocenters. The zero-order valence-corrected chi connectivity index (χ0v) is 13.7. The van der Waals surface area contributed by atoms with Crippen LogP contribution in [0.2, 0.25) is 0 Å². The van der Waals surface area contributed by atoms with Gasteiger partial charge in [0.15, 0.2) is 5.13 Å². The number of aryl methyl sites for hydroxylation is 1. The number of aromatic nitrogens is 2. The van der Waals surface area contributed by atoms with Gasteiger partial charge in [-0.05, 0) is 44.7 Å². The highest BCUT2D eigenvalue weighted by molar-refractivity contribution is 7.14. The molecule has 0 radical (unpaired) electrons. The third-order valence-electron chi connectivity index (χ3n) is 4.09. The Balaban J connectivity index is 1.92. The predicted molar refractivity (Wildman–Crippen MR) is 93.6 cm³/mol. The average molecular weight is 309 g/mol. The summed E-state index contributed by atoms with van der Waals surface area (Å²) in [5, 5.41) is 7.80. The summed E-state index contributed by atoms with van der Waals surface area (Å²) in [6.07, 6.45) is 3.41. The van der Waals surface area contributed by atoms with Gasteiger partial charge in [-0.15, -0.1) is 11.3 Å². The van der Waals surface area contributed by atoms with E-state index in [2.05, 4.69) is 48.8 Å². The number of nitrogens with one attached hydrogen (secondary N) is 1. The van der Waals surface area contributed by atoms with Gasteiger partial charge in [-0.1, -0.05) is 18.2 Å². The number of pyridine rings is 1. The number of hydrogen-bond acceptors (Lipinski definition) is 4. The van der Waals surface area contributed by atoms with Crippen LogP contribution in [-0.4, -0.2) is 16.0 Å². The molecule has 0 saturated heterocycles. The number of hydrogen-bond donors (Lipinski definition) is 1. The van der Waals surface area contributed by atoms with E-state index < -0.39 is 0 Å². The summed E-state index contributed by atoms with van der Waals surface area (Å²) in [6.45, 7) is 4.28.